The Kier molecular flexibility index (Phi) is 4.28. The normalized spacial score (nSPS) is 13.7. The van der Waals surface area contributed by atoms with Crippen LogP contribution in [0.4, 0.5) is 0 Å². The van der Waals surface area contributed by atoms with Crippen LogP contribution in [0.3, 0.4) is 0 Å². The molecule has 0 unspecified atom stereocenters. The van der Waals surface area contributed by atoms with Gasteiger partial charge >= 0.3 is 0 Å². The van der Waals surface area contributed by atoms with E-state index in [0.29, 0.717) is 6.04 Å². The predicted molar refractivity (Wildman–Crippen MR) is 80.6 cm³/mol. The van der Waals surface area contributed by atoms with Crippen LogP contribution < -0.4 is 5.32 Å². The van der Waals surface area contributed by atoms with E-state index in [1.165, 1.54) is 16.8 Å². The number of nitrogens with zero attached hydrogens (tertiary/aromatic N) is 3. The molecule has 5 heteroatoms. The summed E-state index contributed by atoms with van der Waals surface area (Å²) in [6.45, 7) is 12.5. The first-order chi connectivity index (χ1) is 9.36. The van der Waals surface area contributed by atoms with Gasteiger partial charge in [-0.05, 0) is 19.4 Å². The molecule has 0 spiro atoms. The molecule has 2 heterocycles. The van der Waals surface area contributed by atoms with Gasteiger partial charge in [-0.15, -0.1) is 0 Å². The van der Waals surface area contributed by atoms with Crippen LogP contribution in [0.2, 0.25) is 0 Å². The number of aromatic amines is 1. The van der Waals surface area contributed by atoms with Crippen molar-refractivity contribution in [1.29, 1.82) is 0 Å². The molecular formula is C15H25N5. The fourth-order valence-electron chi connectivity index (χ4n) is 2.29. The summed E-state index contributed by atoms with van der Waals surface area (Å²) in [6.07, 6.45) is 5.87. The molecule has 0 aromatic carbocycles. The monoisotopic (exact) mass is 275 g/mol. The summed E-state index contributed by atoms with van der Waals surface area (Å²) < 4.78 is 1.98. The molecule has 2 aromatic heterocycles. The number of aryl methyl sites for hydroxylation is 1. The Bertz CT molecular complexity index is 547. The number of H-pyrrole nitrogens is 1. The Morgan fingerprint density at radius 1 is 1.35 bits per heavy atom. The number of hydrogen-bond donors (Lipinski definition) is 2. The van der Waals surface area contributed by atoms with Crippen LogP contribution in [0.5, 0.6) is 0 Å². The van der Waals surface area contributed by atoms with Crippen molar-refractivity contribution >= 4 is 0 Å². The average molecular weight is 275 g/mol. The number of aromatic nitrogens is 4. The molecule has 0 saturated heterocycles. The summed E-state index contributed by atoms with van der Waals surface area (Å²) in [5.41, 5.74) is 3.73. The van der Waals surface area contributed by atoms with E-state index >= 15 is 0 Å². The van der Waals surface area contributed by atoms with Crippen molar-refractivity contribution in [1.82, 2.24) is 25.3 Å². The topological polar surface area (TPSA) is 58.5 Å². The first-order valence-electron chi connectivity index (χ1n) is 7.11. The lowest BCUT2D eigenvalue weighted by Crippen LogP contribution is -2.31. The Balaban J connectivity index is 1.90. The van der Waals surface area contributed by atoms with Crippen LogP contribution in [0.15, 0.2) is 18.6 Å². The quantitative estimate of drug-likeness (QED) is 0.881. The van der Waals surface area contributed by atoms with E-state index in [9.17, 15) is 0 Å². The third kappa shape index (κ3) is 3.70. The Hall–Kier alpha value is -1.62. The maximum Gasteiger partial charge on any atom is 0.0560 e. The lowest BCUT2D eigenvalue weighted by atomic mass is 9.89. The van der Waals surface area contributed by atoms with Gasteiger partial charge in [0.25, 0.3) is 0 Å². The number of hydrogen-bond acceptors (Lipinski definition) is 3. The Morgan fingerprint density at radius 3 is 2.70 bits per heavy atom. The summed E-state index contributed by atoms with van der Waals surface area (Å²) in [5, 5.41) is 15.1. The minimum absolute atomic E-state index is 0.0931. The molecule has 110 valence electrons. The average Bonchev–Trinajstić information content (AvgIpc) is 2.94. The van der Waals surface area contributed by atoms with Crippen molar-refractivity contribution in [3.8, 4) is 0 Å². The van der Waals surface area contributed by atoms with Crippen molar-refractivity contribution in [3.05, 3.63) is 35.4 Å². The van der Waals surface area contributed by atoms with E-state index < -0.39 is 0 Å². The second-order valence-electron chi connectivity index (χ2n) is 6.54. The zero-order valence-corrected chi connectivity index (χ0v) is 13.1. The standard InChI is InChI=1S/C15H25N5/c1-11-6-18-20(9-11)10-12(2)16-7-13-8-17-19-14(13)15(3,4)5/h6,8-9,12,16H,7,10H2,1-5H3,(H,17,19)/t12-/m1/s1. The van der Waals surface area contributed by atoms with E-state index in [1.54, 1.807) is 0 Å². The highest BCUT2D eigenvalue weighted by Crippen LogP contribution is 2.23. The summed E-state index contributed by atoms with van der Waals surface area (Å²) in [7, 11) is 0. The lowest BCUT2D eigenvalue weighted by molar-refractivity contribution is 0.447. The van der Waals surface area contributed by atoms with E-state index in [-0.39, 0.29) is 5.41 Å². The highest BCUT2D eigenvalue weighted by atomic mass is 15.3. The lowest BCUT2D eigenvalue weighted by Gasteiger charge is -2.20. The molecule has 0 fully saturated rings. The zero-order chi connectivity index (χ0) is 14.8. The van der Waals surface area contributed by atoms with Crippen molar-refractivity contribution in [2.24, 2.45) is 0 Å². The molecule has 0 radical (unpaired) electrons. The molecule has 0 aliphatic carbocycles. The van der Waals surface area contributed by atoms with Gasteiger partial charge in [0.05, 0.1) is 18.9 Å². The minimum atomic E-state index is 0.0931. The molecule has 0 aliphatic heterocycles. The fourth-order valence-corrected chi connectivity index (χ4v) is 2.29. The molecule has 0 amide bonds. The molecule has 0 bridgehead atoms. The second kappa shape index (κ2) is 5.79. The maximum absolute atomic E-state index is 4.32. The molecule has 5 nitrogen and oxygen atoms in total. The van der Waals surface area contributed by atoms with E-state index in [0.717, 1.165) is 13.1 Å². The molecule has 2 aromatic rings. The zero-order valence-electron chi connectivity index (χ0n) is 13.1. The molecular weight excluding hydrogens is 250 g/mol. The van der Waals surface area contributed by atoms with E-state index in [2.05, 4.69) is 61.4 Å². The highest BCUT2D eigenvalue weighted by Gasteiger charge is 2.20. The van der Waals surface area contributed by atoms with Gasteiger partial charge in [-0.1, -0.05) is 20.8 Å². The smallest absolute Gasteiger partial charge is 0.0560 e. The second-order valence-corrected chi connectivity index (χ2v) is 6.54. The van der Waals surface area contributed by atoms with Crippen LogP contribution in [-0.4, -0.2) is 26.0 Å². The summed E-state index contributed by atoms with van der Waals surface area (Å²) >= 11 is 0. The molecule has 1 atom stereocenters. The SMILES string of the molecule is Cc1cnn(C[C@@H](C)NCc2cn[nH]c2C(C)(C)C)c1. The van der Waals surface area contributed by atoms with Crippen LogP contribution in [0.1, 0.15) is 44.5 Å². The summed E-state index contributed by atoms with van der Waals surface area (Å²) in [4.78, 5) is 0. The van der Waals surface area contributed by atoms with Crippen molar-refractivity contribution in [3.63, 3.8) is 0 Å². The highest BCUT2D eigenvalue weighted by molar-refractivity contribution is 5.23. The van der Waals surface area contributed by atoms with Gasteiger partial charge in [-0.3, -0.25) is 9.78 Å². The number of nitrogens with one attached hydrogen (secondary N) is 2. The third-order valence-electron chi connectivity index (χ3n) is 3.33. The third-order valence-corrected chi connectivity index (χ3v) is 3.33. The Labute approximate surface area is 120 Å². The number of rotatable bonds is 5. The first-order valence-corrected chi connectivity index (χ1v) is 7.11. The van der Waals surface area contributed by atoms with Gasteiger partial charge in [-0.2, -0.15) is 10.2 Å². The van der Waals surface area contributed by atoms with Crippen LogP contribution in [0, 0.1) is 6.92 Å². The van der Waals surface area contributed by atoms with Crippen LogP contribution in [0.25, 0.3) is 0 Å². The van der Waals surface area contributed by atoms with Crippen LogP contribution in [-0.2, 0) is 18.5 Å². The van der Waals surface area contributed by atoms with Crippen molar-refractivity contribution in [2.75, 3.05) is 0 Å². The molecule has 0 saturated carbocycles. The maximum atomic E-state index is 4.32. The minimum Gasteiger partial charge on any atom is -0.308 e. The molecule has 0 aliphatic rings. The van der Waals surface area contributed by atoms with Gasteiger partial charge in [0.1, 0.15) is 0 Å². The molecule has 2 rings (SSSR count). The van der Waals surface area contributed by atoms with E-state index in [4.69, 9.17) is 0 Å². The molecule has 2 N–H and O–H groups in total. The summed E-state index contributed by atoms with van der Waals surface area (Å²) in [5.74, 6) is 0. The van der Waals surface area contributed by atoms with Gasteiger partial charge in [0.15, 0.2) is 0 Å². The van der Waals surface area contributed by atoms with Crippen molar-refractivity contribution < 1.29 is 0 Å². The Morgan fingerprint density at radius 2 is 2.10 bits per heavy atom. The largest absolute Gasteiger partial charge is 0.308 e. The van der Waals surface area contributed by atoms with Crippen LogP contribution >= 0.6 is 0 Å². The predicted octanol–water partition coefficient (Wildman–Crippen LogP) is 2.39. The van der Waals surface area contributed by atoms with Crippen molar-refractivity contribution in [2.45, 2.75) is 59.2 Å². The van der Waals surface area contributed by atoms with E-state index in [1.807, 2.05) is 17.1 Å². The van der Waals surface area contributed by atoms with Gasteiger partial charge in [0.2, 0.25) is 0 Å². The van der Waals surface area contributed by atoms with Gasteiger partial charge in [-0.25, -0.2) is 0 Å². The molecule has 20 heavy (non-hydrogen) atoms. The summed E-state index contributed by atoms with van der Waals surface area (Å²) in [6, 6.07) is 0.358. The first kappa shape index (κ1) is 14.8. The fraction of sp³-hybridized carbons (Fsp3) is 0.600. The van der Waals surface area contributed by atoms with Gasteiger partial charge in [0, 0.05) is 35.5 Å². The van der Waals surface area contributed by atoms with Gasteiger partial charge < -0.3 is 5.32 Å².